The Morgan fingerprint density at radius 1 is 0.722 bits per heavy atom. The second-order valence-electron chi connectivity index (χ2n) is 19.4. The molecule has 0 saturated carbocycles. The first-order valence-corrected chi connectivity index (χ1v) is 25.2. The first kappa shape index (κ1) is 44.3. The lowest BCUT2D eigenvalue weighted by atomic mass is 10.00. The molecule has 13 rings (SSSR count). The number of nitrogens with one attached hydrogen (secondary N) is 1. The van der Waals surface area contributed by atoms with Gasteiger partial charge in [-0.15, -0.1) is 0 Å². The van der Waals surface area contributed by atoms with Crippen molar-refractivity contribution in [3.05, 3.63) is 126 Å². The van der Waals surface area contributed by atoms with E-state index in [0.29, 0.717) is 75.9 Å². The maximum atomic E-state index is 15.9. The number of para-hydroxylation sites is 1. The summed E-state index contributed by atoms with van der Waals surface area (Å²) in [5.41, 5.74) is 13.4. The molecule has 366 valence electrons. The van der Waals surface area contributed by atoms with Crippen LogP contribution in [0, 0.1) is 5.82 Å². The number of carbonyl (C=O) groups is 2. The van der Waals surface area contributed by atoms with Crippen molar-refractivity contribution in [2.75, 3.05) is 46.1 Å². The van der Waals surface area contributed by atoms with E-state index in [1.54, 1.807) is 19.1 Å². The molecule has 0 aliphatic carbocycles. The van der Waals surface area contributed by atoms with Crippen LogP contribution in [0.5, 0.6) is 5.75 Å². The minimum absolute atomic E-state index is 0.0142. The summed E-state index contributed by atoms with van der Waals surface area (Å²) in [6.45, 7) is 6.45. The number of hydrogen-bond donors (Lipinski definition) is 1. The average molecular weight is 968 g/mol. The van der Waals surface area contributed by atoms with Gasteiger partial charge in [0.2, 0.25) is 11.8 Å². The van der Waals surface area contributed by atoms with Crippen molar-refractivity contribution in [1.82, 2.24) is 53.1 Å². The fourth-order valence-corrected chi connectivity index (χ4v) is 11.4. The standard InChI is InChI=1S/C55H54FN11O5/c1-34(68)62-21-12-48-42(30-62)52(60-66(48)36-14-23-70-24-15-36)39-7-4-19-64-32-46(58-54(39)64)35-10-11-50(44(56)28-35)72-27-18-51(69)63-22-13-49-43(31-63)53(61-67(49)37-16-25-71-26-17-37)40-8-5-20-65-33-47(59-55(40)65)41-29-57-45-9-3-2-6-38(41)45/h2-11,19-20,28-29,32-33,36-37,57H,12-18,21-27,30-31H2,1H3. The van der Waals surface area contributed by atoms with Crippen LogP contribution in [-0.2, 0) is 45.0 Å². The van der Waals surface area contributed by atoms with E-state index >= 15 is 4.39 Å². The largest absolute Gasteiger partial charge is 0.490 e. The van der Waals surface area contributed by atoms with E-state index in [4.69, 9.17) is 34.4 Å². The maximum Gasteiger partial charge on any atom is 0.226 e. The SMILES string of the molecule is CC(=O)N1CCc2c(c(-c3cccn4cc(-c5ccc(OCCC(=O)N6CCc7c(c(-c8cccn9cc(-c%10c[nH]c%11ccccc%10%11)nc89)nn7C7CCOCC7)C6)c(F)c5)nc34)nn2C2CCOCC2)C1. The molecular formula is C55H54FN11O5. The molecule has 4 aliphatic rings. The first-order chi connectivity index (χ1) is 35.3. The molecule has 4 aliphatic heterocycles. The van der Waals surface area contributed by atoms with Gasteiger partial charge in [-0.1, -0.05) is 18.2 Å². The lowest BCUT2D eigenvalue weighted by Gasteiger charge is -2.30. The van der Waals surface area contributed by atoms with Gasteiger partial charge in [-0.25, -0.2) is 14.4 Å². The fraction of sp³-hybridized carbons (Fsp3) is 0.345. The zero-order chi connectivity index (χ0) is 48.5. The molecule has 2 amide bonds. The number of ether oxygens (including phenoxy) is 3. The molecule has 0 radical (unpaired) electrons. The van der Waals surface area contributed by atoms with Crippen molar-refractivity contribution < 1.29 is 28.2 Å². The summed E-state index contributed by atoms with van der Waals surface area (Å²) < 4.78 is 41.7. The number of amides is 2. The predicted octanol–water partition coefficient (Wildman–Crippen LogP) is 8.62. The number of hydrogen-bond acceptors (Lipinski definition) is 9. The van der Waals surface area contributed by atoms with Gasteiger partial charge in [-0.05, 0) is 74.2 Å². The third-order valence-electron chi connectivity index (χ3n) is 15.2. The number of rotatable bonds is 10. The van der Waals surface area contributed by atoms with E-state index < -0.39 is 5.82 Å². The van der Waals surface area contributed by atoms with E-state index in [-0.39, 0.29) is 42.7 Å². The van der Waals surface area contributed by atoms with Gasteiger partial charge in [0.05, 0.1) is 36.5 Å². The van der Waals surface area contributed by atoms with E-state index in [9.17, 15) is 9.59 Å². The van der Waals surface area contributed by atoms with Gasteiger partial charge in [-0.3, -0.25) is 19.0 Å². The number of halogens is 1. The average Bonchev–Trinajstić information content (AvgIpc) is 4.27. The Morgan fingerprint density at radius 3 is 1.96 bits per heavy atom. The highest BCUT2D eigenvalue weighted by Gasteiger charge is 2.34. The minimum atomic E-state index is -0.542. The molecule has 11 heterocycles. The third-order valence-corrected chi connectivity index (χ3v) is 15.2. The van der Waals surface area contributed by atoms with Crippen molar-refractivity contribution in [3.63, 3.8) is 0 Å². The summed E-state index contributed by atoms with van der Waals surface area (Å²) in [6.07, 6.45) is 14.9. The summed E-state index contributed by atoms with van der Waals surface area (Å²) in [4.78, 5) is 43.9. The quantitative estimate of drug-likeness (QED) is 0.142. The second kappa shape index (κ2) is 18.2. The van der Waals surface area contributed by atoms with Crippen molar-refractivity contribution in [3.8, 4) is 50.8 Å². The van der Waals surface area contributed by atoms with Gasteiger partial charge in [-0.2, -0.15) is 10.2 Å². The van der Waals surface area contributed by atoms with Crippen LogP contribution in [-0.4, -0.2) is 111 Å². The molecule has 0 bridgehead atoms. The molecular weight excluding hydrogens is 914 g/mol. The van der Waals surface area contributed by atoms with E-state index in [0.717, 1.165) is 105 Å². The summed E-state index contributed by atoms with van der Waals surface area (Å²) in [7, 11) is 0. The topological polar surface area (TPSA) is 154 Å². The Bertz CT molecular complexity index is 3550. The van der Waals surface area contributed by atoms with Gasteiger partial charge in [0.25, 0.3) is 0 Å². The van der Waals surface area contributed by atoms with Crippen LogP contribution in [0.25, 0.3) is 67.2 Å². The number of benzene rings is 2. The lowest BCUT2D eigenvalue weighted by molar-refractivity contribution is -0.132. The summed E-state index contributed by atoms with van der Waals surface area (Å²) in [5.74, 6) is -0.511. The zero-order valence-corrected chi connectivity index (χ0v) is 40.1. The highest BCUT2D eigenvalue weighted by molar-refractivity contribution is 5.95. The fourth-order valence-electron chi connectivity index (χ4n) is 11.4. The number of aromatic nitrogens is 9. The molecule has 2 saturated heterocycles. The summed E-state index contributed by atoms with van der Waals surface area (Å²) >= 11 is 0. The predicted molar refractivity (Wildman–Crippen MR) is 268 cm³/mol. The number of aromatic amines is 1. The maximum absolute atomic E-state index is 15.9. The molecule has 2 fully saturated rings. The monoisotopic (exact) mass is 967 g/mol. The van der Waals surface area contributed by atoms with Crippen LogP contribution in [0.4, 0.5) is 4.39 Å². The van der Waals surface area contributed by atoms with Gasteiger partial charge < -0.3 is 37.8 Å². The van der Waals surface area contributed by atoms with Crippen molar-refractivity contribution in [2.24, 2.45) is 0 Å². The Morgan fingerprint density at radius 2 is 1.32 bits per heavy atom. The van der Waals surface area contributed by atoms with E-state index in [1.165, 1.54) is 6.07 Å². The number of H-pyrrole nitrogens is 1. The highest BCUT2D eigenvalue weighted by Crippen LogP contribution is 2.39. The van der Waals surface area contributed by atoms with Gasteiger partial charge in [0.15, 0.2) is 11.6 Å². The number of fused-ring (bicyclic) bond motifs is 5. The second-order valence-corrected chi connectivity index (χ2v) is 19.4. The van der Waals surface area contributed by atoms with Crippen LogP contribution in [0.15, 0.2) is 97.7 Å². The number of pyridine rings is 2. The molecule has 0 spiro atoms. The molecule has 0 atom stereocenters. The Labute approximate surface area is 413 Å². The molecule has 1 N–H and O–H groups in total. The van der Waals surface area contributed by atoms with Gasteiger partial charge in [0.1, 0.15) is 22.7 Å². The summed E-state index contributed by atoms with van der Waals surface area (Å²) in [6, 6.07) is 21.5. The van der Waals surface area contributed by atoms with Gasteiger partial charge in [0, 0.05) is 159 Å². The molecule has 0 unspecified atom stereocenters. The lowest BCUT2D eigenvalue weighted by Crippen LogP contribution is -2.37. The summed E-state index contributed by atoms with van der Waals surface area (Å²) in [5, 5.41) is 11.7. The molecule has 72 heavy (non-hydrogen) atoms. The van der Waals surface area contributed by atoms with Crippen LogP contribution in [0.2, 0.25) is 0 Å². The number of nitrogens with zero attached hydrogens (tertiary/aromatic N) is 10. The van der Waals surface area contributed by atoms with E-state index in [2.05, 4.69) is 43.1 Å². The molecule has 7 aromatic heterocycles. The van der Waals surface area contributed by atoms with Crippen LogP contribution in [0.3, 0.4) is 0 Å². The molecule has 9 aromatic rings. The zero-order valence-electron chi connectivity index (χ0n) is 40.1. The van der Waals surface area contributed by atoms with Crippen molar-refractivity contribution in [1.29, 1.82) is 0 Å². The smallest absolute Gasteiger partial charge is 0.226 e. The minimum Gasteiger partial charge on any atom is -0.490 e. The van der Waals surface area contributed by atoms with Gasteiger partial charge >= 0.3 is 0 Å². The van der Waals surface area contributed by atoms with Crippen molar-refractivity contribution >= 4 is 34.0 Å². The Hall–Kier alpha value is -7.63. The van der Waals surface area contributed by atoms with Crippen LogP contribution in [0.1, 0.15) is 73.6 Å². The van der Waals surface area contributed by atoms with Crippen LogP contribution >= 0.6 is 0 Å². The van der Waals surface area contributed by atoms with E-state index in [1.807, 2.05) is 69.3 Å². The highest BCUT2D eigenvalue weighted by atomic mass is 19.1. The normalized spacial score (nSPS) is 16.8. The molecule has 16 nitrogen and oxygen atoms in total. The Balaban J connectivity index is 0.727. The number of carbonyl (C=O) groups excluding carboxylic acids is 2. The molecule has 17 heteroatoms. The Kier molecular flexibility index (Phi) is 11.2. The third kappa shape index (κ3) is 7.82. The molecule has 2 aromatic carbocycles. The number of imidazole rings is 2. The van der Waals surface area contributed by atoms with Crippen LogP contribution < -0.4 is 4.74 Å². The van der Waals surface area contributed by atoms with Crippen molar-refractivity contribution in [2.45, 2.75) is 77.0 Å². The first-order valence-electron chi connectivity index (χ1n) is 25.2.